The maximum Gasteiger partial charge on any atom is 0.218 e. The minimum absolute atomic E-state index is 0. The van der Waals surface area contributed by atoms with Crippen LogP contribution in [-0.2, 0) is 13.1 Å². The molecule has 4 rings (SSSR count). The smallest absolute Gasteiger partial charge is 0.218 e. The Kier molecular flexibility index (Phi) is 14.3. The minimum atomic E-state index is 0. The Morgan fingerprint density at radius 3 is 1.34 bits per heavy atom. The molecular formula is C24H40Cl2N8O. The topological polar surface area (TPSA) is 143 Å². The third-order valence-electron chi connectivity index (χ3n) is 5.43. The second-order valence-corrected chi connectivity index (χ2v) is 8.81. The van der Waals surface area contributed by atoms with Gasteiger partial charge in [0.15, 0.2) is 0 Å². The molecule has 0 amide bonds. The molecule has 0 spiro atoms. The van der Waals surface area contributed by atoms with E-state index < -0.39 is 0 Å². The first-order valence-electron chi connectivity index (χ1n) is 11.3. The van der Waals surface area contributed by atoms with Gasteiger partial charge in [0, 0.05) is 13.1 Å². The zero-order chi connectivity index (χ0) is 23.1. The molecule has 0 unspecified atom stereocenters. The number of rotatable bonds is 8. The van der Waals surface area contributed by atoms with Crippen LogP contribution in [0.1, 0.15) is 40.5 Å². The fourth-order valence-corrected chi connectivity index (χ4v) is 3.60. The summed E-state index contributed by atoms with van der Waals surface area (Å²) in [5.41, 5.74) is 9.56. The van der Waals surface area contributed by atoms with Crippen LogP contribution in [0.2, 0.25) is 0 Å². The number of nitrogens with two attached hydrogens (primary N) is 2. The molecule has 0 atom stereocenters. The lowest BCUT2D eigenvalue weighted by Crippen LogP contribution is -2.14. The second kappa shape index (κ2) is 15.4. The largest absolute Gasteiger partial charge is 0.412 e. The van der Waals surface area contributed by atoms with Crippen LogP contribution in [0.15, 0.2) is 48.5 Å². The average molecular weight is 528 g/mol. The van der Waals surface area contributed by atoms with Crippen molar-refractivity contribution in [1.82, 2.24) is 19.1 Å². The van der Waals surface area contributed by atoms with Crippen LogP contribution in [0.3, 0.4) is 0 Å². The molecule has 2 aromatic heterocycles. The van der Waals surface area contributed by atoms with Crippen molar-refractivity contribution in [2.24, 2.45) is 23.5 Å². The Morgan fingerprint density at radius 2 is 1.03 bits per heavy atom. The molecule has 0 aliphatic rings. The Hall–Kier alpha value is -2.56. The van der Waals surface area contributed by atoms with E-state index in [9.17, 15) is 0 Å². The Morgan fingerprint density at radius 1 is 0.686 bits per heavy atom. The number of hydrogen-bond donors (Lipinski definition) is 4. The highest BCUT2D eigenvalue weighted by Gasteiger charge is 2.10. The number of halogens is 2. The van der Waals surface area contributed by atoms with Gasteiger partial charge in [-0.05, 0) is 48.9 Å². The summed E-state index contributed by atoms with van der Waals surface area (Å²) >= 11 is 0. The number of aryl methyl sites for hydroxylation is 2. The van der Waals surface area contributed by atoms with Gasteiger partial charge >= 0.3 is 0 Å². The van der Waals surface area contributed by atoms with Crippen LogP contribution in [0.5, 0.6) is 0 Å². The summed E-state index contributed by atoms with van der Waals surface area (Å²) in [6, 6.07) is 16.2. The molecule has 0 saturated heterocycles. The molecule has 0 aliphatic carbocycles. The number of benzene rings is 2. The predicted octanol–water partition coefficient (Wildman–Crippen LogP) is 4.75. The number of para-hydroxylation sites is 4. The number of hydrogen-bond acceptors (Lipinski definition) is 6. The highest BCUT2D eigenvalue weighted by molar-refractivity contribution is 5.85. The lowest BCUT2D eigenvalue weighted by Gasteiger charge is -2.09. The van der Waals surface area contributed by atoms with Gasteiger partial charge in [-0.15, -0.1) is 24.8 Å². The van der Waals surface area contributed by atoms with Gasteiger partial charge in [-0.1, -0.05) is 52.0 Å². The second-order valence-electron chi connectivity index (χ2n) is 8.81. The fourth-order valence-electron chi connectivity index (χ4n) is 3.60. The molecule has 11 heteroatoms. The van der Waals surface area contributed by atoms with Crippen molar-refractivity contribution in [2.45, 2.75) is 53.6 Å². The van der Waals surface area contributed by atoms with Gasteiger partial charge < -0.3 is 14.6 Å². The molecule has 2 heterocycles. The summed E-state index contributed by atoms with van der Waals surface area (Å²) in [5, 5.41) is 0. The van der Waals surface area contributed by atoms with Crippen molar-refractivity contribution in [3.63, 3.8) is 0 Å². The number of nitrogen functional groups attached to an aromatic ring is 2. The van der Waals surface area contributed by atoms with Crippen LogP contribution < -0.4 is 22.5 Å². The van der Waals surface area contributed by atoms with Crippen molar-refractivity contribution in [1.29, 1.82) is 0 Å². The summed E-state index contributed by atoms with van der Waals surface area (Å²) in [6.07, 6.45) is 2.24. The molecule has 0 aliphatic heterocycles. The van der Waals surface area contributed by atoms with Crippen LogP contribution >= 0.6 is 24.8 Å². The SMILES string of the molecule is CC(C)CCn1c(NN)nc2ccccc21.CC(C)CCn1c(NN)nc2ccccc21.Cl.Cl.O. The zero-order valence-electron chi connectivity index (χ0n) is 20.9. The molecule has 35 heavy (non-hydrogen) atoms. The number of hydrazine groups is 2. The van der Waals surface area contributed by atoms with Gasteiger partial charge in [-0.3, -0.25) is 10.9 Å². The molecule has 0 radical (unpaired) electrons. The van der Waals surface area contributed by atoms with E-state index in [-0.39, 0.29) is 30.3 Å². The van der Waals surface area contributed by atoms with Crippen molar-refractivity contribution in [3.05, 3.63) is 48.5 Å². The van der Waals surface area contributed by atoms with E-state index in [1.54, 1.807) is 0 Å². The number of anilines is 2. The Labute approximate surface area is 219 Å². The first-order chi connectivity index (χ1) is 15.4. The molecule has 4 aromatic rings. The highest BCUT2D eigenvalue weighted by Crippen LogP contribution is 2.21. The zero-order valence-corrected chi connectivity index (χ0v) is 22.5. The molecule has 0 bridgehead atoms. The van der Waals surface area contributed by atoms with E-state index in [0.29, 0.717) is 11.8 Å². The van der Waals surface area contributed by atoms with Gasteiger partial charge in [0.05, 0.1) is 22.1 Å². The molecular weight excluding hydrogens is 487 g/mol. The first kappa shape index (κ1) is 32.4. The van der Waals surface area contributed by atoms with E-state index in [2.05, 4.69) is 69.8 Å². The number of fused-ring (bicyclic) bond motifs is 2. The van der Waals surface area contributed by atoms with Crippen LogP contribution in [0.25, 0.3) is 22.1 Å². The molecule has 8 N–H and O–H groups in total. The summed E-state index contributed by atoms with van der Waals surface area (Å²) in [7, 11) is 0. The predicted molar refractivity (Wildman–Crippen MR) is 152 cm³/mol. The molecule has 0 saturated carbocycles. The number of imidazole rings is 2. The van der Waals surface area contributed by atoms with Crippen molar-refractivity contribution >= 4 is 58.8 Å². The number of aromatic nitrogens is 4. The summed E-state index contributed by atoms with van der Waals surface area (Å²) in [6.45, 7) is 10.8. The number of nitrogens with one attached hydrogen (secondary N) is 2. The van der Waals surface area contributed by atoms with E-state index in [1.807, 2.05) is 36.4 Å². The third-order valence-corrected chi connectivity index (χ3v) is 5.43. The summed E-state index contributed by atoms with van der Waals surface area (Å²) in [5.74, 6) is 13.8. The van der Waals surface area contributed by atoms with Gasteiger partial charge in [-0.25, -0.2) is 21.7 Å². The molecule has 196 valence electrons. The average Bonchev–Trinajstić information content (AvgIpc) is 3.34. The number of nitrogens with zero attached hydrogens (tertiary/aromatic N) is 4. The lowest BCUT2D eigenvalue weighted by molar-refractivity contribution is 0.525. The summed E-state index contributed by atoms with van der Waals surface area (Å²) < 4.78 is 4.27. The maximum absolute atomic E-state index is 5.49. The van der Waals surface area contributed by atoms with Crippen LogP contribution in [0.4, 0.5) is 11.9 Å². The van der Waals surface area contributed by atoms with Crippen molar-refractivity contribution < 1.29 is 5.48 Å². The third kappa shape index (κ3) is 8.26. The van der Waals surface area contributed by atoms with Gasteiger partial charge in [0.1, 0.15) is 0 Å². The molecule has 2 aromatic carbocycles. The van der Waals surface area contributed by atoms with Gasteiger partial charge in [-0.2, -0.15) is 0 Å². The molecule has 0 fully saturated rings. The van der Waals surface area contributed by atoms with Crippen LogP contribution in [0, 0.1) is 11.8 Å². The summed E-state index contributed by atoms with van der Waals surface area (Å²) in [4.78, 5) is 8.87. The standard InChI is InChI=1S/2C12H18N4.2ClH.H2O/c2*1-9(2)7-8-16-11-6-4-3-5-10(11)14-12(16)15-13;;;/h2*3-6,9H,7-8,13H2,1-2H3,(H,14,15);2*1H;1H2. The maximum atomic E-state index is 5.49. The minimum Gasteiger partial charge on any atom is -0.412 e. The Balaban J connectivity index is 0.000000608. The van der Waals surface area contributed by atoms with Gasteiger partial charge in [0.2, 0.25) is 11.9 Å². The first-order valence-corrected chi connectivity index (χ1v) is 11.3. The lowest BCUT2D eigenvalue weighted by atomic mass is 10.1. The van der Waals surface area contributed by atoms with E-state index in [4.69, 9.17) is 11.7 Å². The molecule has 9 nitrogen and oxygen atoms in total. The monoisotopic (exact) mass is 526 g/mol. The Bertz CT molecular complexity index is 1050. The van der Waals surface area contributed by atoms with Gasteiger partial charge in [0.25, 0.3) is 0 Å². The normalized spacial score (nSPS) is 10.3. The van der Waals surface area contributed by atoms with Crippen molar-refractivity contribution in [3.8, 4) is 0 Å². The van der Waals surface area contributed by atoms with E-state index in [1.165, 1.54) is 0 Å². The fraction of sp³-hybridized carbons (Fsp3) is 0.417. The van der Waals surface area contributed by atoms with Crippen LogP contribution in [-0.4, -0.2) is 24.6 Å². The van der Waals surface area contributed by atoms with E-state index in [0.717, 1.165) is 59.9 Å². The van der Waals surface area contributed by atoms with Crippen molar-refractivity contribution in [2.75, 3.05) is 10.9 Å². The highest BCUT2D eigenvalue weighted by atomic mass is 35.5. The quantitative estimate of drug-likeness (QED) is 0.192. The van der Waals surface area contributed by atoms with E-state index >= 15 is 0 Å².